The lowest BCUT2D eigenvalue weighted by Crippen LogP contribution is -2.23. The van der Waals surface area contributed by atoms with Crippen LogP contribution in [0.3, 0.4) is 0 Å². The minimum atomic E-state index is -0.494. The molecular formula is C21H25N3O5. The van der Waals surface area contributed by atoms with Crippen LogP contribution >= 0.6 is 0 Å². The molecule has 29 heavy (non-hydrogen) atoms. The van der Waals surface area contributed by atoms with Gasteiger partial charge in [-0.15, -0.1) is 0 Å². The number of esters is 1. The summed E-state index contributed by atoms with van der Waals surface area (Å²) < 4.78 is 10.0. The third-order valence-electron chi connectivity index (χ3n) is 4.90. The average molecular weight is 399 g/mol. The summed E-state index contributed by atoms with van der Waals surface area (Å²) in [6.45, 7) is 4.59. The van der Waals surface area contributed by atoms with Gasteiger partial charge in [-0.25, -0.2) is 4.79 Å². The van der Waals surface area contributed by atoms with Crippen molar-refractivity contribution in [2.24, 2.45) is 0 Å². The van der Waals surface area contributed by atoms with E-state index in [0.29, 0.717) is 41.2 Å². The number of carbonyl (C=O) groups is 3. The number of nitrogens with zero attached hydrogens (tertiary/aromatic N) is 1. The van der Waals surface area contributed by atoms with E-state index in [1.54, 1.807) is 30.9 Å². The van der Waals surface area contributed by atoms with Crippen molar-refractivity contribution in [1.82, 2.24) is 4.98 Å². The summed E-state index contributed by atoms with van der Waals surface area (Å²) in [5, 5.41) is 2.81. The van der Waals surface area contributed by atoms with Gasteiger partial charge in [-0.3, -0.25) is 9.59 Å². The fraction of sp³-hybridized carbons (Fsp3) is 0.381. The fourth-order valence-electron chi connectivity index (χ4n) is 3.41. The summed E-state index contributed by atoms with van der Waals surface area (Å²) in [4.78, 5) is 41.5. The minimum absolute atomic E-state index is 0.115. The molecule has 0 atom stereocenters. The predicted octanol–water partition coefficient (Wildman–Crippen LogP) is 2.81. The lowest BCUT2D eigenvalue weighted by atomic mass is 10.1. The predicted molar refractivity (Wildman–Crippen MR) is 108 cm³/mol. The molecule has 1 fully saturated rings. The molecule has 2 heterocycles. The molecule has 8 heteroatoms. The smallest absolute Gasteiger partial charge is 0.340 e. The van der Waals surface area contributed by atoms with Gasteiger partial charge in [0.25, 0.3) is 5.91 Å². The summed E-state index contributed by atoms with van der Waals surface area (Å²) >= 11 is 0. The SMILES string of the molecule is COCCOC(=O)c1c(C)[nH]c(C(=O)Nc2ccc(N3CCCC3=O)cc2)c1C. The summed E-state index contributed by atoms with van der Waals surface area (Å²) in [7, 11) is 1.53. The van der Waals surface area contributed by atoms with Crippen LogP contribution in [-0.2, 0) is 14.3 Å². The minimum Gasteiger partial charge on any atom is -0.460 e. The maximum Gasteiger partial charge on any atom is 0.340 e. The maximum atomic E-state index is 12.7. The van der Waals surface area contributed by atoms with Crippen molar-refractivity contribution >= 4 is 29.2 Å². The van der Waals surface area contributed by atoms with Crippen molar-refractivity contribution in [2.45, 2.75) is 26.7 Å². The molecule has 1 aromatic heterocycles. The highest BCUT2D eigenvalue weighted by atomic mass is 16.6. The third-order valence-corrected chi connectivity index (χ3v) is 4.90. The Labute approximate surface area is 169 Å². The van der Waals surface area contributed by atoms with Crippen LogP contribution in [-0.4, -0.2) is 49.6 Å². The van der Waals surface area contributed by atoms with E-state index < -0.39 is 5.97 Å². The lowest BCUT2D eigenvalue weighted by molar-refractivity contribution is -0.117. The van der Waals surface area contributed by atoms with Gasteiger partial charge in [-0.1, -0.05) is 0 Å². The van der Waals surface area contributed by atoms with Crippen LogP contribution in [0.4, 0.5) is 11.4 Å². The molecule has 0 saturated carbocycles. The molecule has 1 aromatic carbocycles. The summed E-state index contributed by atoms with van der Waals surface area (Å²) in [5.74, 6) is -0.734. The number of ether oxygens (including phenoxy) is 2. The van der Waals surface area contributed by atoms with Crippen LogP contribution in [0, 0.1) is 13.8 Å². The summed E-state index contributed by atoms with van der Waals surface area (Å²) in [5.41, 5.74) is 3.17. The zero-order chi connectivity index (χ0) is 21.0. The number of aryl methyl sites for hydroxylation is 1. The molecule has 3 rings (SSSR count). The van der Waals surface area contributed by atoms with E-state index >= 15 is 0 Å². The molecule has 0 radical (unpaired) electrons. The second kappa shape index (κ2) is 8.91. The quantitative estimate of drug-likeness (QED) is 0.551. The Balaban J connectivity index is 1.70. The Bertz CT molecular complexity index is 917. The second-order valence-electron chi connectivity index (χ2n) is 6.90. The Morgan fingerprint density at radius 1 is 1.17 bits per heavy atom. The van der Waals surface area contributed by atoms with Gasteiger partial charge in [0, 0.05) is 37.1 Å². The Morgan fingerprint density at radius 2 is 1.90 bits per heavy atom. The van der Waals surface area contributed by atoms with Crippen molar-refractivity contribution in [3.8, 4) is 0 Å². The standard InChI is InChI=1S/C21H25N3O5/c1-13-18(21(27)29-12-11-28-3)14(2)22-19(13)20(26)23-15-6-8-16(9-7-15)24-10-4-5-17(24)25/h6-9,22H,4-5,10-12H2,1-3H3,(H,23,26). The van der Waals surface area contributed by atoms with E-state index in [1.165, 1.54) is 7.11 Å². The van der Waals surface area contributed by atoms with E-state index in [4.69, 9.17) is 9.47 Å². The Morgan fingerprint density at radius 3 is 2.52 bits per heavy atom. The third kappa shape index (κ3) is 4.48. The zero-order valence-corrected chi connectivity index (χ0v) is 16.8. The molecule has 0 bridgehead atoms. The largest absolute Gasteiger partial charge is 0.460 e. The first-order valence-corrected chi connectivity index (χ1v) is 9.49. The number of methoxy groups -OCH3 is 1. The van der Waals surface area contributed by atoms with Gasteiger partial charge in [0.05, 0.1) is 12.2 Å². The Hall–Kier alpha value is -3.13. The molecule has 0 spiro atoms. The van der Waals surface area contributed by atoms with Gasteiger partial charge in [0.15, 0.2) is 0 Å². The number of hydrogen-bond acceptors (Lipinski definition) is 5. The Kier molecular flexibility index (Phi) is 6.33. The van der Waals surface area contributed by atoms with E-state index in [2.05, 4.69) is 10.3 Å². The molecule has 2 amide bonds. The van der Waals surface area contributed by atoms with Crippen LogP contribution < -0.4 is 10.2 Å². The number of H-pyrrole nitrogens is 1. The molecule has 2 N–H and O–H groups in total. The lowest BCUT2D eigenvalue weighted by Gasteiger charge is -2.16. The molecule has 1 saturated heterocycles. The molecule has 0 unspecified atom stereocenters. The first kappa shape index (κ1) is 20.6. The highest BCUT2D eigenvalue weighted by molar-refractivity contribution is 6.07. The van der Waals surface area contributed by atoms with Crippen LogP contribution in [0.25, 0.3) is 0 Å². The van der Waals surface area contributed by atoms with Gasteiger partial charge >= 0.3 is 5.97 Å². The van der Waals surface area contributed by atoms with Gasteiger partial charge in [0.1, 0.15) is 12.3 Å². The van der Waals surface area contributed by atoms with Crippen LogP contribution in [0.5, 0.6) is 0 Å². The highest BCUT2D eigenvalue weighted by Gasteiger charge is 2.24. The topological polar surface area (TPSA) is 101 Å². The monoisotopic (exact) mass is 399 g/mol. The first-order chi connectivity index (χ1) is 13.9. The van der Waals surface area contributed by atoms with Gasteiger partial charge in [-0.05, 0) is 50.1 Å². The number of aromatic amines is 1. The number of rotatable bonds is 7. The van der Waals surface area contributed by atoms with Crippen LogP contribution in [0.15, 0.2) is 24.3 Å². The zero-order valence-electron chi connectivity index (χ0n) is 16.8. The van der Waals surface area contributed by atoms with Gasteiger partial charge in [0.2, 0.25) is 5.91 Å². The van der Waals surface area contributed by atoms with E-state index in [1.807, 2.05) is 12.1 Å². The maximum absolute atomic E-state index is 12.7. The normalized spacial score (nSPS) is 13.6. The summed E-state index contributed by atoms with van der Waals surface area (Å²) in [6.07, 6.45) is 1.43. The van der Waals surface area contributed by atoms with Crippen molar-refractivity contribution in [3.63, 3.8) is 0 Å². The number of anilines is 2. The van der Waals surface area contributed by atoms with Crippen molar-refractivity contribution in [2.75, 3.05) is 37.1 Å². The molecule has 154 valence electrons. The van der Waals surface area contributed by atoms with Crippen LogP contribution in [0.1, 0.15) is 44.9 Å². The number of amides is 2. The van der Waals surface area contributed by atoms with E-state index in [-0.39, 0.29) is 18.4 Å². The second-order valence-corrected chi connectivity index (χ2v) is 6.90. The van der Waals surface area contributed by atoms with Crippen molar-refractivity contribution in [1.29, 1.82) is 0 Å². The number of benzene rings is 1. The van der Waals surface area contributed by atoms with Crippen molar-refractivity contribution in [3.05, 3.63) is 46.8 Å². The molecular weight excluding hydrogens is 374 g/mol. The van der Waals surface area contributed by atoms with E-state index in [9.17, 15) is 14.4 Å². The molecule has 0 aliphatic carbocycles. The number of aromatic nitrogens is 1. The molecule has 2 aromatic rings. The van der Waals surface area contributed by atoms with E-state index in [0.717, 1.165) is 18.7 Å². The number of hydrogen-bond donors (Lipinski definition) is 2. The molecule has 1 aliphatic rings. The highest BCUT2D eigenvalue weighted by Crippen LogP contribution is 2.24. The summed E-state index contributed by atoms with van der Waals surface area (Å²) in [6, 6.07) is 7.13. The van der Waals surface area contributed by atoms with Crippen molar-refractivity contribution < 1.29 is 23.9 Å². The van der Waals surface area contributed by atoms with Gasteiger partial charge in [-0.2, -0.15) is 0 Å². The first-order valence-electron chi connectivity index (χ1n) is 9.49. The fourth-order valence-corrected chi connectivity index (χ4v) is 3.41. The molecule has 1 aliphatic heterocycles. The molecule has 8 nitrogen and oxygen atoms in total. The average Bonchev–Trinajstić information content (AvgIpc) is 3.25. The van der Waals surface area contributed by atoms with Gasteiger partial charge < -0.3 is 24.7 Å². The number of nitrogens with one attached hydrogen (secondary N) is 2. The number of carbonyl (C=O) groups excluding carboxylic acids is 3. The van der Waals surface area contributed by atoms with Crippen LogP contribution in [0.2, 0.25) is 0 Å².